The van der Waals surface area contributed by atoms with Gasteiger partial charge in [0.1, 0.15) is 10.9 Å². The maximum absolute atomic E-state index is 13.1. The minimum atomic E-state index is -0.214. The molecule has 0 radical (unpaired) electrons. The summed E-state index contributed by atoms with van der Waals surface area (Å²) in [5, 5.41) is 14.0. The second kappa shape index (κ2) is 9.73. The molecule has 0 aliphatic heterocycles. The molecule has 0 amide bonds. The summed E-state index contributed by atoms with van der Waals surface area (Å²) < 4.78 is 1.60. The molecule has 0 aliphatic rings. The molecule has 0 unspecified atom stereocenters. The van der Waals surface area contributed by atoms with Gasteiger partial charge in [-0.05, 0) is 31.2 Å². The van der Waals surface area contributed by atoms with Crippen LogP contribution in [-0.4, -0.2) is 27.5 Å². The summed E-state index contributed by atoms with van der Waals surface area (Å²) in [6, 6.07) is 25.4. The molecule has 1 heterocycles. The van der Waals surface area contributed by atoms with Crippen LogP contribution in [0.15, 0.2) is 95.1 Å². The number of rotatable bonds is 6. The van der Waals surface area contributed by atoms with Crippen LogP contribution in [0.5, 0.6) is 0 Å². The summed E-state index contributed by atoms with van der Waals surface area (Å²) in [5.41, 5.74) is 3.53. The quantitative estimate of drug-likeness (QED) is 0.195. The van der Waals surface area contributed by atoms with Gasteiger partial charge in [-0.1, -0.05) is 83.9 Å². The highest BCUT2D eigenvalue weighted by atomic mass is 35.5. The molecular formula is C25H18Cl2N4O. The largest absolute Gasteiger partial charge is 0.287 e. The summed E-state index contributed by atoms with van der Waals surface area (Å²) in [5.74, 6) is -0.214. The lowest BCUT2D eigenvalue weighted by Gasteiger charge is -2.04. The first kappa shape index (κ1) is 21.7. The van der Waals surface area contributed by atoms with E-state index in [2.05, 4.69) is 15.3 Å². The highest BCUT2D eigenvalue weighted by molar-refractivity contribution is 6.51. The van der Waals surface area contributed by atoms with Crippen molar-refractivity contribution in [1.29, 1.82) is 0 Å². The van der Waals surface area contributed by atoms with Crippen LogP contribution in [0.3, 0.4) is 0 Å². The van der Waals surface area contributed by atoms with Gasteiger partial charge >= 0.3 is 0 Å². The summed E-state index contributed by atoms with van der Waals surface area (Å²) in [7, 11) is 0. The first-order valence-electron chi connectivity index (χ1n) is 9.82. The van der Waals surface area contributed by atoms with E-state index in [0.717, 1.165) is 5.69 Å². The van der Waals surface area contributed by atoms with Gasteiger partial charge in [0.05, 0.1) is 23.2 Å². The molecule has 5 nitrogen and oxygen atoms in total. The normalized spacial score (nSPS) is 11.8. The number of halogens is 2. The highest BCUT2D eigenvalue weighted by Gasteiger charge is 2.17. The molecule has 3 aromatic carbocycles. The number of Topliss-reactive ketones (excluding diaryl/α,β-unsaturated/α-hetero) is 1. The Hall–Kier alpha value is -3.54. The molecule has 0 spiro atoms. The lowest BCUT2D eigenvalue weighted by Crippen LogP contribution is -2.15. The smallest absolute Gasteiger partial charge is 0.213 e. The molecular weight excluding hydrogens is 443 g/mol. The van der Waals surface area contributed by atoms with Gasteiger partial charge in [0.15, 0.2) is 0 Å². The summed E-state index contributed by atoms with van der Waals surface area (Å²) in [4.78, 5) is 13.1. The third-order valence-electron chi connectivity index (χ3n) is 4.76. The lowest BCUT2D eigenvalue weighted by molar-refractivity contribution is 0.106. The average Bonchev–Trinajstić information content (AvgIpc) is 3.11. The highest BCUT2D eigenvalue weighted by Crippen LogP contribution is 2.23. The van der Waals surface area contributed by atoms with Crippen molar-refractivity contribution < 1.29 is 4.79 Å². The molecule has 0 aliphatic carbocycles. The molecule has 32 heavy (non-hydrogen) atoms. The third kappa shape index (κ3) is 4.69. The Labute approximate surface area is 195 Å². The van der Waals surface area contributed by atoms with Gasteiger partial charge in [0.25, 0.3) is 0 Å². The van der Waals surface area contributed by atoms with Gasteiger partial charge in [-0.15, -0.1) is 5.10 Å². The van der Waals surface area contributed by atoms with E-state index in [1.807, 2.05) is 67.6 Å². The lowest BCUT2D eigenvalue weighted by atomic mass is 10.0. The van der Waals surface area contributed by atoms with E-state index in [0.29, 0.717) is 32.6 Å². The molecule has 0 fully saturated rings. The van der Waals surface area contributed by atoms with E-state index in [-0.39, 0.29) is 11.5 Å². The molecule has 0 bridgehead atoms. The van der Waals surface area contributed by atoms with E-state index in [4.69, 9.17) is 23.2 Å². The Morgan fingerprint density at radius 2 is 1.47 bits per heavy atom. The zero-order chi connectivity index (χ0) is 22.5. The second-order valence-electron chi connectivity index (χ2n) is 6.93. The number of ketones is 1. The zero-order valence-corrected chi connectivity index (χ0v) is 18.6. The van der Waals surface area contributed by atoms with E-state index in [9.17, 15) is 4.79 Å². The van der Waals surface area contributed by atoms with Crippen LogP contribution in [0.25, 0.3) is 5.69 Å². The number of benzene rings is 3. The number of aryl methyl sites for hydroxylation is 1. The molecule has 4 aromatic rings. The molecule has 7 heteroatoms. The van der Waals surface area contributed by atoms with Crippen molar-refractivity contribution in [3.05, 3.63) is 117 Å². The minimum Gasteiger partial charge on any atom is -0.287 e. The van der Waals surface area contributed by atoms with Gasteiger partial charge < -0.3 is 0 Å². The Balaban J connectivity index is 1.69. The first-order valence-corrected chi connectivity index (χ1v) is 10.6. The van der Waals surface area contributed by atoms with Gasteiger partial charge in [-0.2, -0.15) is 10.2 Å². The van der Waals surface area contributed by atoms with Gasteiger partial charge in [-0.25, -0.2) is 4.68 Å². The predicted molar refractivity (Wildman–Crippen MR) is 130 cm³/mol. The Morgan fingerprint density at radius 1 is 0.875 bits per heavy atom. The molecule has 0 atom stereocenters. The fourth-order valence-corrected chi connectivity index (χ4v) is 3.56. The molecule has 0 saturated carbocycles. The van der Waals surface area contributed by atoms with Crippen LogP contribution >= 0.6 is 23.2 Å². The van der Waals surface area contributed by atoms with Gasteiger partial charge in [0.2, 0.25) is 5.78 Å². The van der Waals surface area contributed by atoms with Crippen molar-refractivity contribution in [2.24, 2.45) is 10.2 Å². The van der Waals surface area contributed by atoms with Crippen LogP contribution < -0.4 is 0 Å². The number of carbonyl (C=O) groups is 1. The number of hydrogen-bond donors (Lipinski definition) is 0. The van der Waals surface area contributed by atoms with Gasteiger partial charge in [-0.3, -0.25) is 4.79 Å². The van der Waals surface area contributed by atoms with Crippen molar-refractivity contribution >= 4 is 40.9 Å². The van der Waals surface area contributed by atoms with E-state index >= 15 is 0 Å². The number of aromatic nitrogens is 2. The maximum atomic E-state index is 13.1. The summed E-state index contributed by atoms with van der Waals surface area (Å²) in [6.07, 6.45) is 1.51. The van der Waals surface area contributed by atoms with Crippen molar-refractivity contribution in [2.75, 3.05) is 0 Å². The van der Waals surface area contributed by atoms with Gasteiger partial charge in [0, 0.05) is 16.1 Å². The molecule has 1 aromatic heterocycles. The Kier molecular flexibility index (Phi) is 6.59. The average molecular weight is 461 g/mol. The molecule has 4 rings (SSSR count). The number of nitrogens with zero attached hydrogens (tertiary/aromatic N) is 4. The van der Waals surface area contributed by atoms with Crippen molar-refractivity contribution in [1.82, 2.24) is 9.78 Å². The fourth-order valence-electron chi connectivity index (χ4n) is 3.11. The van der Waals surface area contributed by atoms with Crippen LogP contribution in [0.4, 0.5) is 0 Å². The number of hydrogen-bond acceptors (Lipinski definition) is 4. The maximum Gasteiger partial charge on any atom is 0.213 e. The predicted octanol–water partition coefficient (Wildman–Crippen LogP) is 6.19. The number of carbonyl (C=O) groups excluding carboxylic acids is 1. The van der Waals surface area contributed by atoms with Crippen LogP contribution in [0.2, 0.25) is 10.2 Å². The molecule has 0 saturated heterocycles. The minimum absolute atomic E-state index is 0.214. The van der Waals surface area contributed by atoms with Crippen molar-refractivity contribution in [3.8, 4) is 5.69 Å². The first-order chi connectivity index (χ1) is 15.5. The van der Waals surface area contributed by atoms with Crippen molar-refractivity contribution in [3.63, 3.8) is 0 Å². The molecule has 0 N–H and O–H groups in total. The topological polar surface area (TPSA) is 59.6 Å². The van der Waals surface area contributed by atoms with E-state index in [1.165, 1.54) is 6.21 Å². The monoisotopic (exact) mass is 460 g/mol. The Bertz CT molecular complexity index is 1300. The fraction of sp³-hybridized carbons (Fsp3) is 0.0400. The summed E-state index contributed by atoms with van der Waals surface area (Å²) >= 11 is 12.5. The van der Waals surface area contributed by atoms with E-state index in [1.54, 1.807) is 28.9 Å². The molecule has 158 valence electrons. The second-order valence-corrected chi connectivity index (χ2v) is 7.73. The third-order valence-corrected chi connectivity index (χ3v) is 5.38. The zero-order valence-electron chi connectivity index (χ0n) is 17.1. The Morgan fingerprint density at radius 3 is 2.09 bits per heavy atom. The summed E-state index contributed by atoms with van der Waals surface area (Å²) in [6.45, 7) is 1.83. The van der Waals surface area contributed by atoms with Crippen LogP contribution in [0, 0.1) is 6.92 Å². The standard InChI is InChI=1S/C25H18Cl2N4O/c1-17-22(25(27)31(30-17)21-14-12-20(26)13-15-21)16-28-29-23(18-8-4-2-5-9-18)24(32)19-10-6-3-7-11-19/h2-16H,1H3/b28-16+,29-23+. The van der Waals surface area contributed by atoms with Crippen molar-refractivity contribution in [2.45, 2.75) is 6.92 Å². The van der Waals surface area contributed by atoms with Crippen LogP contribution in [-0.2, 0) is 0 Å². The van der Waals surface area contributed by atoms with Crippen LogP contribution in [0.1, 0.15) is 27.2 Å². The SMILES string of the molecule is Cc1nn(-c2ccc(Cl)cc2)c(Cl)c1/C=N/N=C(/C(=O)c1ccccc1)c1ccccc1. The van der Waals surface area contributed by atoms with E-state index < -0.39 is 0 Å².